The summed E-state index contributed by atoms with van der Waals surface area (Å²) in [6.07, 6.45) is 0. The molecular weight excluding hydrogens is 350 g/mol. The molecule has 1 aliphatic rings. The second-order valence-corrected chi connectivity index (χ2v) is 7.93. The number of halogens is 1. The van der Waals surface area contributed by atoms with E-state index in [-0.39, 0.29) is 12.4 Å². The highest BCUT2D eigenvalue weighted by atomic mass is 79.9. The molecule has 20 heavy (non-hydrogen) atoms. The molecule has 1 aliphatic heterocycles. The van der Waals surface area contributed by atoms with E-state index in [1.807, 2.05) is 0 Å². The first-order valence-electron chi connectivity index (χ1n) is 5.86. The first-order chi connectivity index (χ1) is 9.25. The van der Waals surface area contributed by atoms with Gasteiger partial charge in [-0.2, -0.15) is 0 Å². The highest BCUT2D eigenvalue weighted by Gasteiger charge is 2.29. The molecule has 1 aromatic carbocycles. The van der Waals surface area contributed by atoms with Gasteiger partial charge in [0.1, 0.15) is 0 Å². The zero-order chi connectivity index (χ0) is 15.1. The van der Waals surface area contributed by atoms with Gasteiger partial charge in [-0.05, 0) is 41.9 Å². The average Bonchev–Trinajstić information content (AvgIpc) is 2.85. The maximum Gasteiger partial charge on any atom is 0.267 e. The lowest BCUT2D eigenvalue weighted by Crippen LogP contribution is -2.37. The fourth-order valence-electron chi connectivity index (χ4n) is 1.70. The maximum atomic E-state index is 12.3. The van der Waals surface area contributed by atoms with Crippen molar-refractivity contribution in [2.24, 2.45) is 0 Å². The number of benzene rings is 1. The molecule has 1 heterocycles. The minimum atomic E-state index is -3.65. The molecule has 6 nitrogen and oxygen atoms in total. The zero-order valence-corrected chi connectivity index (χ0v) is 13.6. The Morgan fingerprint density at radius 3 is 2.60 bits per heavy atom. The summed E-state index contributed by atoms with van der Waals surface area (Å²) >= 11 is 3.27. The Hall–Kier alpha value is -1.28. The van der Waals surface area contributed by atoms with Crippen molar-refractivity contribution in [1.29, 1.82) is 0 Å². The van der Waals surface area contributed by atoms with Gasteiger partial charge in [0, 0.05) is 12.6 Å². The average molecular weight is 364 g/mol. The second-order valence-electron chi connectivity index (χ2n) is 4.56. The van der Waals surface area contributed by atoms with Gasteiger partial charge in [0.2, 0.25) is 16.8 Å². The highest BCUT2D eigenvalue weighted by Crippen LogP contribution is 2.40. The molecule has 2 rings (SSSR count). The number of carbonyl (C=O) groups excluding carboxylic acids is 1. The molecule has 0 saturated carbocycles. The van der Waals surface area contributed by atoms with E-state index < -0.39 is 21.2 Å². The van der Waals surface area contributed by atoms with Crippen molar-refractivity contribution >= 4 is 31.9 Å². The van der Waals surface area contributed by atoms with Crippen LogP contribution in [-0.4, -0.2) is 37.7 Å². The highest BCUT2D eigenvalue weighted by molar-refractivity contribution is 9.10. The van der Waals surface area contributed by atoms with Crippen LogP contribution in [0.5, 0.6) is 11.5 Å². The van der Waals surface area contributed by atoms with E-state index in [4.69, 9.17) is 9.47 Å². The van der Waals surface area contributed by atoms with Gasteiger partial charge in [0.15, 0.2) is 11.5 Å². The largest absolute Gasteiger partial charge is 0.454 e. The Kier molecular flexibility index (Phi) is 3.97. The van der Waals surface area contributed by atoms with E-state index in [9.17, 15) is 13.2 Å². The maximum absolute atomic E-state index is 12.3. The predicted octanol–water partition coefficient (Wildman–Crippen LogP) is 1.99. The van der Waals surface area contributed by atoms with Crippen molar-refractivity contribution in [2.75, 3.05) is 13.8 Å². The third-order valence-electron chi connectivity index (χ3n) is 2.94. The van der Waals surface area contributed by atoms with Crippen molar-refractivity contribution in [3.8, 4) is 11.5 Å². The number of rotatable bonds is 3. The summed E-state index contributed by atoms with van der Waals surface area (Å²) in [5.74, 6) is 0.312. The number of carbonyl (C=O) groups is 1. The molecule has 0 fully saturated rings. The molecule has 0 radical (unpaired) electrons. The fraction of sp³-hybridized carbons (Fsp3) is 0.417. The number of hydrogen-bond acceptors (Lipinski definition) is 5. The van der Waals surface area contributed by atoms with Gasteiger partial charge in [0.25, 0.3) is 5.91 Å². The monoisotopic (exact) mass is 363 g/mol. The summed E-state index contributed by atoms with van der Waals surface area (Å²) in [7, 11) is -2.41. The van der Waals surface area contributed by atoms with E-state index >= 15 is 0 Å². The summed E-state index contributed by atoms with van der Waals surface area (Å²) in [4.78, 5) is 12.3. The normalized spacial score (nSPS) is 13.7. The molecule has 0 N–H and O–H groups in total. The van der Waals surface area contributed by atoms with Crippen LogP contribution in [0.25, 0.3) is 0 Å². The molecule has 0 spiro atoms. The summed E-state index contributed by atoms with van der Waals surface area (Å²) in [5, 5.41) is -0.672. The van der Waals surface area contributed by atoms with Crippen LogP contribution in [0.4, 0.5) is 0 Å². The van der Waals surface area contributed by atoms with Crippen LogP contribution in [0.2, 0.25) is 0 Å². The van der Waals surface area contributed by atoms with Crippen molar-refractivity contribution in [3.05, 3.63) is 22.2 Å². The smallest absolute Gasteiger partial charge is 0.267 e. The zero-order valence-electron chi connectivity index (χ0n) is 11.2. The Morgan fingerprint density at radius 1 is 1.35 bits per heavy atom. The molecule has 0 aliphatic carbocycles. The van der Waals surface area contributed by atoms with Crippen LogP contribution in [-0.2, 0) is 10.0 Å². The topological polar surface area (TPSA) is 72.9 Å². The second kappa shape index (κ2) is 5.25. The lowest BCUT2D eigenvalue weighted by atomic mass is 10.2. The molecule has 0 saturated heterocycles. The van der Waals surface area contributed by atoms with Gasteiger partial charge < -0.3 is 9.47 Å². The van der Waals surface area contributed by atoms with Crippen LogP contribution in [0.1, 0.15) is 24.2 Å². The van der Waals surface area contributed by atoms with Crippen LogP contribution in [0.15, 0.2) is 16.6 Å². The van der Waals surface area contributed by atoms with E-state index in [0.29, 0.717) is 16.0 Å². The minimum absolute atomic E-state index is 0.0751. The van der Waals surface area contributed by atoms with Crippen LogP contribution >= 0.6 is 15.9 Å². The lowest BCUT2D eigenvalue weighted by molar-refractivity contribution is 0.0881. The number of hydrogen-bond donors (Lipinski definition) is 0. The summed E-state index contributed by atoms with van der Waals surface area (Å²) in [5.41, 5.74) is 0.216. The van der Waals surface area contributed by atoms with E-state index in [0.717, 1.165) is 4.31 Å². The quantitative estimate of drug-likeness (QED) is 0.820. The molecule has 0 bridgehead atoms. The van der Waals surface area contributed by atoms with Crippen molar-refractivity contribution in [1.82, 2.24) is 4.31 Å². The minimum Gasteiger partial charge on any atom is -0.454 e. The van der Waals surface area contributed by atoms with Gasteiger partial charge in [-0.1, -0.05) is 0 Å². The SMILES string of the molecule is CC(C)S(=O)(=O)N(C)C(=O)c1cc(Br)c2c(c1)OCO2. The Balaban J connectivity index is 2.38. The van der Waals surface area contributed by atoms with Crippen LogP contribution in [0.3, 0.4) is 0 Å². The van der Waals surface area contributed by atoms with E-state index in [1.54, 1.807) is 0 Å². The number of fused-ring (bicyclic) bond motifs is 1. The van der Waals surface area contributed by atoms with Gasteiger partial charge in [0.05, 0.1) is 9.72 Å². The number of amides is 1. The molecule has 1 aromatic rings. The molecule has 0 aromatic heterocycles. The summed E-state index contributed by atoms with van der Waals surface area (Å²) in [6, 6.07) is 2.99. The standard InChI is InChI=1S/C12H14BrNO5S/c1-7(2)20(16,17)14(3)12(15)8-4-9(13)11-10(5-8)18-6-19-11/h4-5,7H,6H2,1-3H3. The van der Waals surface area contributed by atoms with Gasteiger partial charge in [-0.15, -0.1) is 0 Å². The molecule has 0 unspecified atom stereocenters. The molecular formula is C12H14BrNO5S. The molecule has 1 amide bonds. The van der Waals surface area contributed by atoms with Gasteiger partial charge in [-0.3, -0.25) is 4.79 Å². The Labute approximate surface area is 125 Å². The van der Waals surface area contributed by atoms with Crippen LogP contribution < -0.4 is 9.47 Å². The van der Waals surface area contributed by atoms with E-state index in [2.05, 4.69) is 15.9 Å². The third kappa shape index (κ3) is 2.49. The lowest BCUT2D eigenvalue weighted by Gasteiger charge is -2.20. The van der Waals surface area contributed by atoms with Crippen LogP contribution in [0, 0.1) is 0 Å². The first-order valence-corrected chi connectivity index (χ1v) is 8.16. The summed E-state index contributed by atoms with van der Waals surface area (Å²) in [6.45, 7) is 3.12. The third-order valence-corrected chi connectivity index (χ3v) is 5.65. The fourth-order valence-corrected chi connectivity index (χ4v) is 3.23. The van der Waals surface area contributed by atoms with Gasteiger partial charge >= 0.3 is 0 Å². The molecule has 110 valence electrons. The Morgan fingerprint density at radius 2 is 2.00 bits per heavy atom. The molecule has 8 heteroatoms. The van der Waals surface area contributed by atoms with E-state index in [1.165, 1.54) is 33.0 Å². The Bertz CT molecular complexity index is 656. The predicted molar refractivity (Wildman–Crippen MR) is 76.4 cm³/mol. The van der Waals surface area contributed by atoms with Crippen molar-refractivity contribution in [2.45, 2.75) is 19.1 Å². The number of nitrogens with zero attached hydrogens (tertiary/aromatic N) is 1. The summed E-state index contributed by atoms with van der Waals surface area (Å²) < 4.78 is 35.7. The van der Waals surface area contributed by atoms with Gasteiger partial charge in [-0.25, -0.2) is 12.7 Å². The van der Waals surface area contributed by atoms with Crippen molar-refractivity contribution < 1.29 is 22.7 Å². The number of sulfonamides is 1. The first kappa shape index (κ1) is 15.1. The number of ether oxygens (including phenoxy) is 2. The molecule has 0 atom stereocenters. The van der Waals surface area contributed by atoms with Crippen molar-refractivity contribution in [3.63, 3.8) is 0 Å².